The van der Waals surface area contributed by atoms with Gasteiger partial charge in [-0.25, -0.2) is 4.98 Å². The van der Waals surface area contributed by atoms with E-state index in [4.69, 9.17) is 4.98 Å². The number of aryl methyl sites for hydroxylation is 1. The molecule has 21 heavy (non-hydrogen) atoms. The van der Waals surface area contributed by atoms with Crippen LogP contribution in [0.3, 0.4) is 0 Å². The minimum absolute atomic E-state index is 0.651. The molecular formula is C17H26N4. The Balaban J connectivity index is 1.66. The van der Waals surface area contributed by atoms with E-state index in [1.54, 1.807) is 0 Å². The standard InChI is InChI=1S/C17H26N4/c1-3-20(11-15-6-4-5-9-18-15)12-16-13-21-10-14(2)7-8-17(21)19-16/h7-8,10,13,15,18H,3-6,9,11-12H2,1-2H3. The minimum atomic E-state index is 0.651. The first-order valence-electron chi connectivity index (χ1n) is 8.14. The quantitative estimate of drug-likeness (QED) is 0.917. The molecule has 1 unspecified atom stereocenters. The van der Waals surface area contributed by atoms with Gasteiger partial charge in [-0.15, -0.1) is 0 Å². The first kappa shape index (κ1) is 14.5. The zero-order chi connectivity index (χ0) is 14.7. The van der Waals surface area contributed by atoms with E-state index in [2.05, 4.69) is 53.0 Å². The van der Waals surface area contributed by atoms with E-state index in [0.717, 1.165) is 25.3 Å². The zero-order valence-electron chi connectivity index (χ0n) is 13.2. The second-order valence-corrected chi connectivity index (χ2v) is 6.18. The van der Waals surface area contributed by atoms with Crippen molar-refractivity contribution >= 4 is 5.65 Å². The van der Waals surface area contributed by atoms with Crippen molar-refractivity contribution in [3.63, 3.8) is 0 Å². The van der Waals surface area contributed by atoms with Gasteiger partial charge in [0.05, 0.1) is 5.69 Å². The van der Waals surface area contributed by atoms with Crippen LogP contribution in [0.4, 0.5) is 0 Å². The Kier molecular flexibility index (Phi) is 4.56. The summed E-state index contributed by atoms with van der Waals surface area (Å²) in [6.07, 6.45) is 8.31. The van der Waals surface area contributed by atoms with Crippen LogP contribution >= 0.6 is 0 Å². The van der Waals surface area contributed by atoms with E-state index < -0.39 is 0 Å². The van der Waals surface area contributed by atoms with Gasteiger partial charge in [0.2, 0.25) is 0 Å². The van der Waals surface area contributed by atoms with Crippen molar-refractivity contribution in [2.24, 2.45) is 0 Å². The van der Waals surface area contributed by atoms with Crippen LogP contribution in [0.2, 0.25) is 0 Å². The average Bonchev–Trinajstić information content (AvgIpc) is 2.89. The van der Waals surface area contributed by atoms with E-state index in [0.29, 0.717) is 6.04 Å². The normalized spacial score (nSPS) is 19.5. The topological polar surface area (TPSA) is 32.6 Å². The lowest BCUT2D eigenvalue weighted by molar-refractivity contribution is 0.224. The molecule has 114 valence electrons. The van der Waals surface area contributed by atoms with Gasteiger partial charge in [-0.1, -0.05) is 19.4 Å². The van der Waals surface area contributed by atoms with Crippen LogP contribution in [0, 0.1) is 6.92 Å². The van der Waals surface area contributed by atoms with Crippen molar-refractivity contribution in [3.05, 3.63) is 35.8 Å². The number of aromatic nitrogens is 2. The van der Waals surface area contributed by atoms with Crippen LogP contribution in [0.25, 0.3) is 5.65 Å². The number of hydrogen-bond acceptors (Lipinski definition) is 3. The van der Waals surface area contributed by atoms with E-state index in [9.17, 15) is 0 Å². The van der Waals surface area contributed by atoms with Gasteiger partial charge in [0.15, 0.2) is 0 Å². The summed E-state index contributed by atoms with van der Waals surface area (Å²) in [5.74, 6) is 0. The van der Waals surface area contributed by atoms with Crippen molar-refractivity contribution in [2.45, 2.75) is 45.7 Å². The fourth-order valence-corrected chi connectivity index (χ4v) is 3.16. The van der Waals surface area contributed by atoms with Crippen LogP contribution in [0.1, 0.15) is 37.4 Å². The molecule has 0 amide bonds. The number of nitrogens with one attached hydrogen (secondary N) is 1. The van der Waals surface area contributed by atoms with Crippen LogP contribution in [0.5, 0.6) is 0 Å². The Morgan fingerprint density at radius 1 is 1.33 bits per heavy atom. The molecule has 2 aromatic rings. The van der Waals surface area contributed by atoms with Gasteiger partial charge in [0.25, 0.3) is 0 Å². The highest BCUT2D eigenvalue weighted by atomic mass is 15.2. The number of rotatable bonds is 5. The van der Waals surface area contributed by atoms with Gasteiger partial charge >= 0.3 is 0 Å². The summed E-state index contributed by atoms with van der Waals surface area (Å²) in [7, 11) is 0. The molecule has 1 N–H and O–H groups in total. The van der Waals surface area contributed by atoms with Gasteiger partial charge in [-0.05, 0) is 44.5 Å². The minimum Gasteiger partial charge on any atom is -0.313 e. The van der Waals surface area contributed by atoms with Crippen molar-refractivity contribution in [2.75, 3.05) is 19.6 Å². The number of pyridine rings is 1. The van der Waals surface area contributed by atoms with Crippen molar-refractivity contribution in [1.82, 2.24) is 19.6 Å². The van der Waals surface area contributed by atoms with Crippen molar-refractivity contribution in [1.29, 1.82) is 0 Å². The molecule has 1 aliphatic rings. The van der Waals surface area contributed by atoms with E-state index in [-0.39, 0.29) is 0 Å². The molecule has 4 heteroatoms. The molecule has 0 saturated carbocycles. The highest BCUT2D eigenvalue weighted by Crippen LogP contribution is 2.12. The second-order valence-electron chi connectivity index (χ2n) is 6.18. The Hall–Kier alpha value is -1.39. The Morgan fingerprint density at radius 2 is 2.24 bits per heavy atom. The number of nitrogens with zero attached hydrogens (tertiary/aromatic N) is 3. The van der Waals surface area contributed by atoms with Gasteiger partial charge < -0.3 is 9.72 Å². The first-order chi connectivity index (χ1) is 10.2. The summed E-state index contributed by atoms with van der Waals surface area (Å²) in [6.45, 7) is 8.68. The van der Waals surface area contributed by atoms with Crippen molar-refractivity contribution in [3.8, 4) is 0 Å². The summed E-state index contributed by atoms with van der Waals surface area (Å²) < 4.78 is 2.14. The molecule has 2 aromatic heterocycles. The van der Waals surface area contributed by atoms with Crippen LogP contribution in [0.15, 0.2) is 24.5 Å². The summed E-state index contributed by atoms with van der Waals surface area (Å²) in [4.78, 5) is 7.23. The molecular weight excluding hydrogens is 260 g/mol. The largest absolute Gasteiger partial charge is 0.313 e. The number of fused-ring (bicyclic) bond motifs is 1. The summed E-state index contributed by atoms with van der Waals surface area (Å²) in [6, 6.07) is 4.87. The van der Waals surface area contributed by atoms with Gasteiger partial charge in [0.1, 0.15) is 5.65 Å². The molecule has 0 spiro atoms. The first-order valence-corrected chi connectivity index (χ1v) is 8.14. The predicted molar refractivity (Wildman–Crippen MR) is 86.5 cm³/mol. The second kappa shape index (κ2) is 6.58. The van der Waals surface area contributed by atoms with Gasteiger partial charge in [0, 0.05) is 31.5 Å². The Labute approximate surface area is 127 Å². The molecule has 1 atom stereocenters. The third-order valence-corrected chi connectivity index (χ3v) is 4.37. The smallest absolute Gasteiger partial charge is 0.137 e. The molecule has 0 aromatic carbocycles. The molecule has 1 aliphatic heterocycles. The average molecular weight is 286 g/mol. The fraction of sp³-hybridized carbons (Fsp3) is 0.588. The highest BCUT2D eigenvalue weighted by Gasteiger charge is 2.16. The summed E-state index contributed by atoms with van der Waals surface area (Å²) in [5.41, 5.74) is 3.48. The zero-order valence-corrected chi connectivity index (χ0v) is 13.2. The number of piperidine rings is 1. The number of imidazole rings is 1. The lowest BCUT2D eigenvalue weighted by Crippen LogP contribution is -2.43. The van der Waals surface area contributed by atoms with Crippen LogP contribution in [-0.4, -0.2) is 40.0 Å². The third kappa shape index (κ3) is 3.63. The molecule has 3 heterocycles. The molecule has 1 saturated heterocycles. The maximum atomic E-state index is 4.74. The van der Waals surface area contributed by atoms with Crippen LogP contribution in [-0.2, 0) is 6.54 Å². The lowest BCUT2D eigenvalue weighted by Gasteiger charge is -2.29. The van der Waals surface area contributed by atoms with Crippen molar-refractivity contribution < 1.29 is 0 Å². The maximum absolute atomic E-state index is 4.74. The van der Waals surface area contributed by atoms with Gasteiger partial charge in [-0.3, -0.25) is 4.90 Å². The Morgan fingerprint density at radius 3 is 3.00 bits per heavy atom. The van der Waals surface area contributed by atoms with Crippen LogP contribution < -0.4 is 5.32 Å². The summed E-state index contributed by atoms with van der Waals surface area (Å²) in [5, 5.41) is 3.64. The molecule has 0 bridgehead atoms. The molecule has 1 fully saturated rings. The molecule has 0 aliphatic carbocycles. The summed E-state index contributed by atoms with van der Waals surface area (Å²) >= 11 is 0. The Bertz CT molecular complexity index is 583. The van der Waals surface area contributed by atoms with E-state index in [1.165, 1.54) is 37.1 Å². The SMILES string of the molecule is CCN(Cc1cn2cc(C)ccc2n1)CC1CCCCN1. The van der Waals surface area contributed by atoms with E-state index >= 15 is 0 Å². The number of hydrogen-bond donors (Lipinski definition) is 1. The molecule has 4 nitrogen and oxygen atoms in total. The predicted octanol–water partition coefficient (Wildman–Crippen LogP) is 2.61. The van der Waals surface area contributed by atoms with Gasteiger partial charge in [-0.2, -0.15) is 0 Å². The maximum Gasteiger partial charge on any atom is 0.137 e. The van der Waals surface area contributed by atoms with E-state index in [1.807, 2.05) is 0 Å². The third-order valence-electron chi connectivity index (χ3n) is 4.37. The fourth-order valence-electron chi connectivity index (χ4n) is 3.16. The highest BCUT2D eigenvalue weighted by molar-refractivity contribution is 5.41. The molecule has 0 radical (unpaired) electrons. The monoisotopic (exact) mass is 286 g/mol. The molecule has 3 rings (SSSR count). The lowest BCUT2D eigenvalue weighted by atomic mass is 10.0. The number of likely N-dealkylation sites (N-methyl/N-ethyl adjacent to an activating group) is 1.